The van der Waals surface area contributed by atoms with Gasteiger partial charge in [0.25, 0.3) is 0 Å². The molecule has 1 aromatic rings. The lowest BCUT2D eigenvalue weighted by molar-refractivity contribution is 0.494. The third kappa shape index (κ3) is 5.08. The maximum absolute atomic E-state index is 13.1. The van der Waals surface area contributed by atoms with E-state index in [0.29, 0.717) is 5.92 Å². The molecular formula is C13H19BrFN. The Morgan fingerprint density at radius 2 is 1.94 bits per heavy atom. The minimum Gasteiger partial charge on any atom is -0.327 e. The quantitative estimate of drug-likeness (QED) is 0.874. The van der Waals surface area contributed by atoms with E-state index in [1.165, 1.54) is 6.07 Å². The number of hydrogen-bond donors (Lipinski definition) is 1. The highest BCUT2D eigenvalue weighted by Crippen LogP contribution is 2.17. The summed E-state index contributed by atoms with van der Waals surface area (Å²) < 4.78 is 13.9. The van der Waals surface area contributed by atoms with Crippen LogP contribution >= 0.6 is 15.9 Å². The fourth-order valence-corrected chi connectivity index (χ4v) is 2.19. The van der Waals surface area contributed by atoms with Crippen molar-refractivity contribution in [3.8, 4) is 0 Å². The van der Waals surface area contributed by atoms with Gasteiger partial charge in [0, 0.05) is 10.5 Å². The lowest BCUT2D eigenvalue weighted by Gasteiger charge is -2.13. The van der Waals surface area contributed by atoms with Crippen molar-refractivity contribution in [3.63, 3.8) is 0 Å². The number of rotatable bonds is 5. The van der Waals surface area contributed by atoms with Gasteiger partial charge in [-0.1, -0.05) is 29.8 Å². The first-order valence-corrected chi connectivity index (χ1v) is 6.47. The molecule has 3 heteroatoms. The molecule has 2 N–H and O–H groups in total. The molecule has 90 valence electrons. The molecule has 0 aromatic heterocycles. The van der Waals surface area contributed by atoms with Crippen LogP contribution in [0.15, 0.2) is 22.7 Å². The van der Waals surface area contributed by atoms with E-state index in [2.05, 4.69) is 29.8 Å². The Hall–Kier alpha value is -0.410. The lowest BCUT2D eigenvalue weighted by atomic mass is 9.98. The molecule has 0 saturated carbocycles. The molecule has 0 aliphatic heterocycles. The zero-order chi connectivity index (χ0) is 12.1. The Labute approximate surface area is 105 Å². The minimum atomic E-state index is -0.208. The summed E-state index contributed by atoms with van der Waals surface area (Å²) in [5.74, 6) is 0.464. The monoisotopic (exact) mass is 287 g/mol. The molecule has 16 heavy (non-hydrogen) atoms. The number of benzene rings is 1. The molecule has 1 unspecified atom stereocenters. The highest BCUT2D eigenvalue weighted by atomic mass is 79.9. The average Bonchev–Trinajstić information content (AvgIpc) is 2.12. The van der Waals surface area contributed by atoms with Gasteiger partial charge in [-0.25, -0.2) is 4.39 Å². The highest BCUT2D eigenvalue weighted by molar-refractivity contribution is 9.10. The van der Waals surface area contributed by atoms with Crippen molar-refractivity contribution in [1.29, 1.82) is 0 Å². The van der Waals surface area contributed by atoms with E-state index in [0.717, 1.165) is 29.3 Å². The van der Waals surface area contributed by atoms with Crippen molar-refractivity contribution in [2.24, 2.45) is 11.7 Å². The lowest BCUT2D eigenvalue weighted by Crippen LogP contribution is -2.23. The summed E-state index contributed by atoms with van der Waals surface area (Å²) in [6.07, 6.45) is 2.85. The molecule has 0 bridgehead atoms. The van der Waals surface area contributed by atoms with Gasteiger partial charge in [-0.3, -0.25) is 0 Å². The predicted molar refractivity (Wildman–Crippen MR) is 69.9 cm³/mol. The van der Waals surface area contributed by atoms with Crippen molar-refractivity contribution in [2.45, 2.75) is 39.2 Å². The molecule has 1 aromatic carbocycles. The van der Waals surface area contributed by atoms with Crippen LogP contribution in [0.4, 0.5) is 4.39 Å². The first-order chi connectivity index (χ1) is 7.47. The number of halogens is 2. The predicted octanol–water partition coefficient (Wildman–Crippen LogP) is 3.89. The zero-order valence-electron chi connectivity index (χ0n) is 9.84. The van der Waals surface area contributed by atoms with Crippen molar-refractivity contribution in [1.82, 2.24) is 0 Å². The maximum Gasteiger partial charge on any atom is 0.124 e. The summed E-state index contributed by atoms with van der Waals surface area (Å²) in [4.78, 5) is 0. The molecule has 0 aliphatic carbocycles. The molecule has 0 radical (unpaired) electrons. The van der Waals surface area contributed by atoms with E-state index >= 15 is 0 Å². The van der Waals surface area contributed by atoms with Gasteiger partial charge in [-0.15, -0.1) is 0 Å². The molecular weight excluding hydrogens is 269 g/mol. The highest BCUT2D eigenvalue weighted by Gasteiger charge is 2.07. The standard InChI is InChI=1S/C13H19BrFN/c1-9(2)3-4-13(16)7-10-5-11(14)8-12(15)6-10/h5-6,8-9,13H,3-4,7,16H2,1-2H3. The maximum atomic E-state index is 13.1. The van der Waals surface area contributed by atoms with E-state index in [1.807, 2.05) is 6.07 Å². The average molecular weight is 288 g/mol. The largest absolute Gasteiger partial charge is 0.327 e. The van der Waals surface area contributed by atoms with Crippen LogP contribution in [0, 0.1) is 11.7 Å². The van der Waals surface area contributed by atoms with Crippen LogP contribution < -0.4 is 5.73 Å². The Morgan fingerprint density at radius 3 is 2.50 bits per heavy atom. The Kier molecular flexibility index (Phi) is 5.42. The van der Waals surface area contributed by atoms with Crippen LogP contribution in [0.3, 0.4) is 0 Å². The fourth-order valence-electron chi connectivity index (χ4n) is 1.68. The Balaban J connectivity index is 2.52. The molecule has 0 amide bonds. The molecule has 0 heterocycles. The molecule has 1 nitrogen and oxygen atoms in total. The van der Waals surface area contributed by atoms with Crippen molar-refractivity contribution in [3.05, 3.63) is 34.1 Å². The van der Waals surface area contributed by atoms with Gasteiger partial charge in [0.2, 0.25) is 0 Å². The summed E-state index contributed by atoms with van der Waals surface area (Å²) in [5.41, 5.74) is 6.98. The van der Waals surface area contributed by atoms with Crippen LogP contribution in [-0.4, -0.2) is 6.04 Å². The second kappa shape index (κ2) is 6.36. The fraction of sp³-hybridized carbons (Fsp3) is 0.538. The normalized spacial score (nSPS) is 13.1. The van der Waals surface area contributed by atoms with Crippen LogP contribution in [0.5, 0.6) is 0 Å². The molecule has 0 spiro atoms. The first-order valence-electron chi connectivity index (χ1n) is 5.68. The van der Waals surface area contributed by atoms with E-state index in [4.69, 9.17) is 5.73 Å². The van der Waals surface area contributed by atoms with Gasteiger partial charge in [-0.05, 0) is 48.9 Å². The summed E-state index contributed by atoms with van der Waals surface area (Å²) in [6.45, 7) is 4.37. The summed E-state index contributed by atoms with van der Waals surface area (Å²) in [6, 6.07) is 5.07. The SMILES string of the molecule is CC(C)CCC(N)Cc1cc(F)cc(Br)c1. The topological polar surface area (TPSA) is 26.0 Å². The molecule has 1 atom stereocenters. The number of hydrogen-bond acceptors (Lipinski definition) is 1. The van der Waals surface area contributed by atoms with Crippen LogP contribution in [0.1, 0.15) is 32.3 Å². The molecule has 0 aliphatic rings. The minimum absolute atomic E-state index is 0.121. The van der Waals surface area contributed by atoms with Gasteiger partial charge in [0.1, 0.15) is 5.82 Å². The number of nitrogens with two attached hydrogens (primary N) is 1. The van der Waals surface area contributed by atoms with Gasteiger partial charge in [-0.2, -0.15) is 0 Å². The summed E-state index contributed by atoms with van der Waals surface area (Å²) >= 11 is 3.28. The second-order valence-corrected chi connectivity index (χ2v) is 5.63. The van der Waals surface area contributed by atoms with Gasteiger partial charge in [0.15, 0.2) is 0 Å². The molecule has 1 rings (SSSR count). The summed E-state index contributed by atoms with van der Waals surface area (Å²) in [7, 11) is 0. The van der Waals surface area contributed by atoms with Crippen molar-refractivity contribution in [2.75, 3.05) is 0 Å². The molecule has 0 saturated heterocycles. The third-order valence-electron chi connectivity index (χ3n) is 2.54. The first kappa shape index (κ1) is 13.7. The van der Waals surface area contributed by atoms with E-state index < -0.39 is 0 Å². The molecule has 0 fully saturated rings. The van der Waals surface area contributed by atoms with E-state index in [-0.39, 0.29) is 11.9 Å². The van der Waals surface area contributed by atoms with Gasteiger partial charge >= 0.3 is 0 Å². The Bertz CT molecular complexity index is 318. The van der Waals surface area contributed by atoms with E-state index in [1.54, 1.807) is 6.07 Å². The van der Waals surface area contributed by atoms with Gasteiger partial charge in [0.05, 0.1) is 0 Å². The van der Waals surface area contributed by atoms with Crippen molar-refractivity contribution >= 4 is 15.9 Å². The van der Waals surface area contributed by atoms with Gasteiger partial charge < -0.3 is 5.73 Å². The zero-order valence-corrected chi connectivity index (χ0v) is 11.4. The Morgan fingerprint density at radius 1 is 1.25 bits per heavy atom. The van der Waals surface area contributed by atoms with Crippen LogP contribution in [0.2, 0.25) is 0 Å². The van der Waals surface area contributed by atoms with Crippen LogP contribution in [0.25, 0.3) is 0 Å². The smallest absolute Gasteiger partial charge is 0.124 e. The van der Waals surface area contributed by atoms with E-state index in [9.17, 15) is 4.39 Å². The second-order valence-electron chi connectivity index (χ2n) is 4.71. The third-order valence-corrected chi connectivity index (χ3v) is 2.99. The van der Waals surface area contributed by atoms with Crippen LogP contribution in [-0.2, 0) is 6.42 Å². The summed E-state index contributed by atoms with van der Waals surface area (Å²) in [5, 5.41) is 0. The van der Waals surface area contributed by atoms with Crippen molar-refractivity contribution < 1.29 is 4.39 Å².